The highest BCUT2D eigenvalue weighted by atomic mass is 35.5. The molecule has 1 aromatic rings. The molecule has 0 saturated heterocycles. The number of hydrogen-bond acceptors (Lipinski definition) is 2. The molecule has 3 heteroatoms. The van der Waals surface area contributed by atoms with Gasteiger partial charge in [-0.1, -0.05) is 49.2 Å². The number of allylic oxidation sites excluding steroid dienone is 1. The summed E-state index contributed by atoms with van der Waals surface area (Å²) in [6.45, 7) is 9.51. The van der Waals surface area contributed by atoms with Crippen LogP contribution in [-0.4, -0.2) is 5.97 Å². The topological polar surface area (TPSA) is 26.3 Å². The molecule has 4 saturated carbocycles. The molecule has 5 rings (SSSR count). The first-order valence-electron chi connectivity index (χ1n) is 11.9. The zero-order valence-electron chi connectivity index (χ0n) is 18.5. The van der Waals surface area contributed by atoms with Crippen molar-refractivity contribution < 1.29 is 9.53 Å². The highest BCUT2D eigenvalue weighted by Gasteiger charge is 2.65. The number of halogens is 1. The zero-order chi connectivity index (χ0) is 21.1. The third-order valence-electron chi connectivity index (χ3n) is 9.81. The van der Waals surface area contributed by atoms with Gasteiger partial charge in [0.2, 0.25) is 0 Å². The molecule has 2 nitrogen and oxygen atoms in total. The van der Waals surface area contributed by atoms with Gasteiger partial charge in [-0.05, 0) is 105 Å². The first kappa shape index (κ1) is 20.6. The molecule has 1 spiro atoms. The quantitative estimate of drug-likeness (QED) is 0.373. The van der Waals surface area contributed by atoms with Crippen LogP contribution in [0, 0.1) is 34.0 Å². The molecule has 4 fully saturated rings. The van der Waals surface area contributed by atoms with Gasteiger partial charge in [-0.2, -0.15) is 0 Å². The lowest BCUT2D eigenvalue weighted by Crippen LogP contribution is -2.58. The van der Waals surface area contributed by atoms with Crippen LogP contribution in [0.5, 0.6) is 0 Å². The van der Waals surface area contributed by atoms with E-state index >= 15 is 0 Å². The van der Waals surface area contributed by atoms with Crippen LogP contribution in [0.4, 0.5) is 0 Å². The summed E-state index contributed by atoms with van der Waals surface area (Å²) in [4.78, 5) is 13.5. The third kappa shape index (κ3) is 3.00. The first-order chi connectivity index (χ1) is 14.3. The van der Waals surface area contributed by atoms with Gasteiger partial charge in [0.1, 0.15) is 6.61 Å². The smallest absolute Gasteiger partial charge is 0.312 e. The van der Waals surface area contributed by atoms with Crippen molar-refractivity contribution in [1.82, 2.24) is 0 Å². The number of carbonyl (C=O) groups excluding carboxylic acids is 1. The number of rotatable bonds is 3. The second kappa shape index (κ2) is 7.12. The van der Waals surface area contributed by atoms with E-state index in [9.17, 15) is 4.79 Å². The minimum Gasteiger partial charge on any atom is -0.460 e. The Bertz CT molecular complexity index is 860. The molecule has 0 heterocycles. The lowest BCUT2D eigenvalue weighted by molar-refractivity contribution is -0.187. The fourth-order valence-electron chi connectivity index (χ4n) is 8.49. The molecule has 162 valence electrons. The second-order valence-electron chi connectivity index (χ2n) is 11.3. The average Bonchev–Trinajstić information content (AvgIpc) is 2.95. The summed E-state index contributed by atoms with van der Waals surface area (Å²) < 4.78 is 5.92. The van der Waals surface area contributed by atoms with E-state index in [1.807, 2.05) is 24.3 Å². The van der Waals surface area contributed by atoms with Gasteiger partial charge < -0.3 is 4.74 Å². The van der Waals surface area contributed by atoms with Crippen LogP contribution in [0.1, 0.15) is 77.2 Å². The van der Waals surface area contributed by atoms with E-state index in [1.165, 1.54) is 50.5 Å². The maximum Gasteiger partial charge on any atom is 0.312 e. The number of esters is 1. The average molecular weight is 427 g/mol. The van der Waals surface area contributed by atoms with Crippen molar-refractivity contribution in [1.29, 1.82) is 0 Å². The summed E-state index contributed by atoms with van der Waals surface area (Å²) >= 11 is 5.99. The monoisotopic (exact) mass is 426 g/mol. The maximum absolute atomic E-state index is 13.5. The zero-order valence-corrected chi connectivity index (χ0v) is 19.3. The fraction of sp³-hybridized carbons (Fsp3) is 0.667. The van der Waals surface area contributed by atoms with Gasteiger partial charge in [0.05, 0.1) is 5.41 Å². The molecular weight excluding hydrogens is 392 g/mol. The number of benzene rings is 1. The van der Waals surface area contributed by atoms with E-state index in [0.717, 1.165) is 30.2 Å². The fourth-order valence-corrected chi connectivity index (χ4v) is 8.62. The van der Waals surface area contributed by atoms with Crippen LogP contribution in [0.2, 0.25) is 5.02 Å². The molecule has 4 aliphatic rings. The van der Waals surface area contributed by atoms with Crippen molar-refractivity contribution in [2.75, 3.05) is 0 Å². The minimum atomic E-state index is -0.368. The normalized spacial score (nSPS) is 42.4. The van der Waals surface area contributed by atoms with E-state index in [-0.39, 0.29) is 16.8 Å². The molecular formula is C27H35ClO2. The molecule has 0 aromatic heterocycles. The van der Waals surface area contributed by atoms with Gasteiger partial charge >= 0.3 is 5.97 Å². The van der Waals surface area contributed by atoms with Crippen molar-refractivity contribution in [2.24, 2.45) is 34.0 Å². The number of fused-ring (bicyclic) bond motifs is 3. The van der Waals surface area contributed by atoms with Gasteiger partial charge in [0.25, 0.3) is 0 Å². The molecule has 0 unspecified atom stereocenters. The Morgan fingerprint density at radius 3 is 2.63 bits per heavy atom. The van der Waals surface area contributed by atoms with Crippen LogP contribution in [0.3, 0.4) is 0 Å². The summed E-state index contributed by atoms with van der Waals surface area (Å²) in [7, 11) is 0. The van der Waals surface area contributed by atoms with Crippen molar-refractivity contribution >= 4 is 17.6 Å². The highest BCUT2D eigenvalue weighted by Crippen LogP contribution is 2.72. The standard InChI is InChI=1S/C27H35ClO2/c1-18-15-27-14-11-22-25(2,23(27)10-7-20(18)16-27)12-4-13-26(22,3)24(29)30-17-19-5-8-21(28)9-6-19/h5-6,8-9,20,22-23H,1,4,7,10-17H2,2-3H3/t20-,22+,23+,25-,26-,27-/m1/s1. The van der Waals surface area contributed by atoms with Crippen LogP contribution in [0.15, 0.2) is 36.4 Å². The lowest BCUT2D eigenvalue weighted by Gasteiger charge is -2.63. The van der Waals surface area contributed by atoms with Crippen molar-refractivity contribution in [3.8, 4) is 0 Å². The van der Waals surface area contributed by atoms with E-state index in [4.69, 9.17) is 16.3 Å². The Kier molecular flexibility index (Phi) is 4.89. The van der Waals surface area contributed by atoms with Crippen LogP contribution >= 0.6 is 11.6 Å². The van der Waals surface area contributed by atoms with E-state index in [0.29, 0.717) is 23.0 Å². The van der Waals surface area contributed by atoms with E-state index in [1.54, 1.807) is 0 Å². The molecule has 2 bridgehead atoms. The van der Waals surface area contributed by atoms with Crippen LogP contribution in [-0.2, 0) is 16.1 Å². The largest absolute Gasteiger partial charge is 0.460 e. The second-order valence-corrected chi connectivity index (χ2v) is 11.7. The molecule has 0 aliphatic heterocycles. The third-order valence-corrected chi connectivity index (χ3v) is 10.1. The van der Waals surface area contributed by atoms with Gasteiger partial charge in [-0.3, -0.25) is 4.79 Å². The molecule has 0 amide bonds. The Balaban J connectivity index is 1.37. The Morgan fingerprint density at radius 1 is 1.10 bits per heavy atom. The van der Waals surface area contributed by atoms with Crippen molar-refractivity contribution in [3.63, 3.8) is 0 Å². The van der Waals surface area contributed by atoms with Crippen molar-refractivity contribution in [3.05, 3.63) is 47.0 Å². The van der Waals surface area contributed by atoms with Gasteiger partial charge in [-0.25, -0.2) is 0 Å². The summed E-state index contributed by atoms with van der Waals surface area (Å²) in [6, 6.07) is 7.60. The van der Waals surface area contributed by atoms with Crippen LogP contribution < -0.4 is 0 Å². The number of carbonyl (C=O) groups is 1. The Morgan fingerprint density at radius 2 is 1.87 bits per heavy atom. The highest BCUT2D eigenvalue weighted by molar-refractivity contribution is 6.30. The summed E-state index contributed by atoms with van der Waals surface area (Å²) in [5.41, 5.74) is 2.87. The maximum atomic E-state index is 13.5. The molecule has 30 heavy (non-hydrogen) atoms. The summed E-state index contributed by atoms with van der Waals surface area (Å²) in [6.07, 6.45) is 11.0. The summed E-state index contributed by atoms with van der Waals surface area (Å²) in [5, 5.41) is 0.709. The predicted octanol–water partition coefficient (Wildman–Crippen LogP) is 7.35. The van der Waals surface area contributed by atoms with E-state index < -0.39 is 0 Å². The first-order valence-corrected chi connectivity index (χ1v) is 12.2. The Labute approximate surface area is 186 Å². The van der Waals surface area contributed by atoms with E-state index in [2.05, 4.69) is 20.4 Å². The van der Waals surface area contributed by atoms with Gasteiger partial charge in [0.15, 0.2) is 0 Å². The van der Waals surface area contributed by atoms with Gasteiger partial charge in [0, 0.05) is 5.02 Å². The van der Waals surface area contributed by atoms with Crippen molar-refractivity contribution in [2.45, 2.75) is 78.2 Å². The molecule has 4 aliphatic carbocycles. The minimum absolute atomic E-state index is 0.00819. The summed E-state index contributed by atoms with van der Waals surface area (Å²) in [5.74, 6) is 1.94. The van der Waals surface area contributed by atoms with Gasteiger partial charge in [-0.15, -0.1) is 0 Å². The molecule has 1 aromatic carbocycles. The van der Waals surface area contributed by atoms with Crippen LogP contribution in [0.25, 0.3) is 0 Å². The molecule has 6 atom stereocenters. The number of ether oxygens (including phenoxy) is 1. The lowest BCUT2D eigenvalue weighted by atomic mass is 9.41. The SMILES string of the molecule is C=C1C[C@@]23CC[C@H]4[C@@](C)(CCC[C@@]4(C)C(=O)OCc4ccc(Cl)cc4)[C@@H]2CC[C@@H]1C3. The molecule has 0 radical (unpaired) electrons. The number of hydrogen-bond donors (Lipinski definition) is 0. The Hall–Kier alpha value is -1.28. The molecule has 0 N–H and O–H groups in total. The predicted molar refractivity (Wildman–Crippen MR) is 121 cm³/mol.